The second-order valence-electron chi connectivity index (χ2n) is 4.84. The molecule has 0 bridgehead atoms. The summed E-state index contributed by atoms with van der Waals surface area (Å²) in [6.07, 6.45) is 3.17. The first-order valence-corrected chi connectivity index (χ1v) is 7.00. The number of methoxy groups -OCH3 is 1. The summed E-state index contributed by atoms with van der Waals surface area (Å²) >= 11 is 0. The van der Waals surface area contributed by atoms with Crippen molar-refractivity contribution in [3.63, 3.8) is 0 Å². The van der Waals surface area contributed by atoms with Crippen LogP contribution in [0.3, 0.4) is 0 Å². The Bertz CT molecular complexity index is 825. The van der Waals surface area contributed by atoms with E-state index < -0.39 is 0 Å². The molecule has 3 rings (SSSR count). The minimum atomic E-state index is -0.278. The van der Waals surface area contributed by atoms with Crippen molar-refractivity contribution in [2.45, 2.75) is 6.92 Å². The number of nitrogens with one attached hydrogen (secondary N) is 1. The van der Waals surface area contributed by atoms with Gasteiger partial charge in [-0.3, -0.25) is 4.79 Å². The molecule has 2 aromatic heterocycles. The number of ether oxygens (including phenoxy) is 1. The van der Waals surface area contributed by atoms with Crippen LogP contribution in [0.2, 0.25) is 0 Å². The average molecular weight is 309 g/mol. The van der Waals surface area contributed by atoms with Crippen LogP contribution in [-0.2, 0) is 0 Å². The number of aryl methyl sites for hydroxylation is 1. The molecule has 0 saturated heterocycles. The van der Waals surface area contributed by atoms with Crippen LogP contribution in [-0.4, -0.2) is 23.0 Å². The Morgan fingerprint density at radius 1 is 1.22 bits per heavy atom. The Kier molecular flexibility index (Phi) is 4.05. The number of oxazole rings is 1. The topological polar surface area (TPSA) is 77.2 Å². The predicted molar refractivity (Wildman–Crippen MR) is 85.4 cm³/mol. The number of nitrogens with zero attached hydrogens (tertiary/aromatic N) is 2. The van der Waals surface area contributed by atoms with Crippen molar-refractivity contribution in [1.29, 1.82) is 0 Å². The highest BCUT2D eigenvalue weighted by Crippen LogP contribution is 2.22. The summed E-state index contributed by atoms with van der Waals surface area (Å²) in [5.74, 6) is 0.626. The maximum atomic E-state index is 12.3. The monoisotopic (exact) mass is 309 g/mol. The summed E-state index contributed by atoms with van der Waals surface area (Å²) in [6.45, 7) is 1.79. The summed E-state index contributed by atoms with van der Waals surface area (Å²) in [6, 6.07) is 10.7. The lowest BCUT2D eigenvalue weighted by molar-refractivity contribution is 0.102. The Morgan fingerprint density at radius 3 is 2.65 bits per heavy atom. The Morgan fingerprint density at radius 2 is 2.00 bits per heavy atom. The van der Waals surface area contributed by atoms with E-state index in [2.05, 4.69) is 15.3 Å². The van der Waals surface area contributed by atoms with Crippen molar-refractivity contribution < 1.29 is 13.9 Å². The molecule has 23 heavy (non-hydrogen) atoms. The van der Waals surface area contributed by atoms with Crippen molar-refractivity contribution in [2.24, 2.45) is 0 Å². The second kappa shape index (κ2) is 6.31. The van der Waals surface area contributed by atoms with Crippen LogP contribution in [0.5, 0.6) is 5.88 Å². The highest BCUT2D eigenvalue weighted by atomic mass is 16.5. The van der Waals surface area contributed by atoms with Crippen LogP contribution in [0.15, 0.2) is 53.3 Å². The van der Waals surface area contributed by atoms with Crippen molar-refractivity contribution in [3.8, 4) is 17.1 Å². The number of benzene rings is 1. The summed E-state index contributed by atoms with van der Waals surface area (Å²) in [7, 11) is 1.48. The third kappa shape index (κ3) is 3.21. The number of aromatic nitrogens is 2. The van der Waals surface area contributed by atoms with Crippen molar-refractivity contribution in [3.05, 3.63) is 60.3 Å². The van der Waals surface area contributed by atoms with Gasteiger partial charge in [0.2, 0.25) is 5.88 Å². The third-order valence-electron chi connectivity index (χ3n) is 3.27. The largest absolute Gasteiger partial charge is 0.480 e. The highest BCUT2D eigenvalue weighted by molar-refractivity contribution is 6.05. The number of hydrogen-bond donors (Lipinski definition) is 1. The zero-order valence-electron chi connectivity index (χ0n) is 12.7. The molecule has 6 nitrogen and oxygen atoms in total. The van der Waals surface area contributed by atoms with E-state index in [0.717, 1.165) is 11.3 Å². The molecule has 0 unspecified atom stereocenters. The van der Waals surface area contributed by atoms with Gasteiger partial charge in [0.15, 0.2) is 5.89 Å². The molecule has 0 aliphatic rings. The van der Waals surface area contributed by atoms with E-state index in [9.17, 15) is 4.79 Å². The molecule has 0 spiro atoms. The Labute approximate surface area is 133 Å². The number of carbonyl (C=O) groups excluding carboxylic acids is 1. The lowest BCUT2D eigenvalue weighted by Gasteiger charge is -2.08. The molecule has 3 aromatic rings. The first kappa shape index (κ1) is 14.8. The fourth-order valence-corrected chi connectivity index (χ4v) is 2.15. The molecule has 0 atom stereocenters. The van der Waals surface area contributed by atoms with Crippen LogP contribution < -0.4 is 10.1 Å². The molecule has 1 aromatic carbocycles. The van der Waals surface area contributed by atoms with Gasteiger partial charge in [-0.2, -0.15) is 0 Å². The van der Waals surface area contributed by atoms with Gasteiger partial charge in [0.1, 0.15) is 17.5 Å². The highest BCUT2D eigenvalue weighted by Gasteiger charge is 2.13. The molecule has 2 heterocycles. The number of rotatable bonds is 4. The van der Waals surface area contributed by atoms with E-state index in [1.54, 1.807) is 43.6 Å². The van der Waals surface area contributed by atoms with E-state index in [1.165, 1.54) is 7.11 Å². The van der Waals surface area contributed by atoms with Crippen LogP contribution in [0, 0.1) is 6.92 Å². The molecule has 6 heteroatoms. The van der Waals surface area contributed by atoms with Gasteiger partial charge >= 0.3 is 0 Å². The van der Waals surface area contributed by atoms with Crippen molar-refractivity contribution in [1.82, 2.24) is 9.97 Å². The molecular formula is C17H15N3O3. The van der Waals surface area contributed by atoms with Crippen LogP contribution in [0.25, 0.3) is 11.3 Å². The molecule has 0 aliphatic carbocycles. The number of amides is 1. The first-order valence-electron chi connectivity index (χ1n) is 7.00. The molecule has 0 saturated carbocycles. The zero-order chi connectivity index (χ0) is 16.2. The lowest BCUT2D eigenvalue weighted by Crippen LogP contribution is -2.13. The smallest absolute Gasteiger partial charge is 0.261 e. The quantitative estimate of drug-likeness (QED) is 0.800. The third-order valence-corrected chi connectivity index (χ3v) is 3.27. The Hall–Kier alpha value is -3.15. The summed E-state index contributed by atoms with van der Waals surface area (Å²) < 4.78 is 10.3. The zero-order valence-corrected chi connectivity index (χ0v) is 12.7. The standard InChI is InChI=1S/C17H15N3O3/c1-11-19-15(10-23-11)12-5-7-13(8-6-12)20-16(21)14-4-3-9-18-17(14)22-2/h3-10H,1-2H3,(H,20,21). The van der Waals surface area contributed by atoms with Gasteiger partial charge in [-0.15, -0.1) is 0 Å². The Balaban J connectivity index is 1.77. The van der Waals surface area contributed by atoms with Crippen LogP contribution in [0.1, 0.15) is 16.2 Å². The van der Waals surface area contributed by atoms with E-state index in [0.29, 0.717) is 23.0 Å². The van der Waals surface area contributed by atoms with Crippen LogP contribution in [0.4, 0.5) is 5.69 Å². The number of pyridine rings is 1. The number of hydrogen-bond acceptors (Lipinski definition) is 5. The number of carbonyl (C=O) groups is 1. The van der Waals surface area contributed by atoms with Gasteiger partial charge in [-0.1, -0.05) is 12.1 Å². The SMILES string of the molecule is COc1ncccc1C(=O)Nc1ccc(-c2coc(C)n2)cc1. The van der Waals surface area contributed by atoms with Gasteiger partial charge in [0.05, 0.1) is 7.11 Å². The van der Waals surface area contributed by atoms with Crippen LogP contribution >= 0.6 is 0 Å². The van der Waals surface area contributed by atoms with Gasteiger partial charge < -0.3 is 14.5 Å². The normalized spacial score (nSPS) is 10.3. The fraction of sp³-hybridized carbons (Fsp3) is 0.118. The van der Waals surface area contributed by atoms with Gasteiger partial charge in [-0.25, -0.2) is 9.97 Å². The van der Waals surface area contributed by atoms with Gasteiger partial charge in [0.25, 0.3) is 5.91 Å². The first-order chi connectivity index (χ1) is 11.2. The van der Waals surface area contributed by atoms with E-state index in [-0.39, 0.29) is 5.91 Å². The maximum Gasteiger partial charge on any atom is 0.261 e. The molecular weight excluding hydrogens is 294 g/mol. The molecule has 1 N–H and O–H groups in total. The molecule has 0 radical (unpaired) electrons. The molecule has 1 amide bonds. The van der Waals surface area contributed by atoms with Crippen molar-refractivity contribution in [2.75, 3.05) is 12.4 Å². The lowest BCUT2D eigenvalue weighted by atomic mass is 10.1. The van der Waals surface area contributed by atoms with Gasteiger partial charge in [0, 0.05) is 24.4 Å². The molecule has 0 aliphatic heterocycles. The fourth-order valence-electron chi connectivity index (χ4n) is 2.15. The molecule has 0 fully saturated rings. The minimum Gasteiger partial charge on any atom is -0.480 e. The summed E-state index contributed by atoms with van der Waals surface area (Å²) in [4.78, 5) is 20.6. The number of anilines is 1. The molecule has 116 valence electrons. The van der Waals surface area contributed by atoms with E-state index in [4.69, 9.17) is 9.15 Å². The second-order valence-corrected chi connectivity index (χ2v) is 4.84. The van der Waals surface area contributed by atoms with Gasteiger partial charge in [-0.05, 0) is 24.3 Å². The van der Waals surface area contributed by atoms with E-state index in [1.807, 2.05) is 12.1 Å². The van der Waals surface area contributed by atoms with E-state index >= 15 is 0 Å². The summed E-state index contributed by atoms with van der Waals surface area (Å²) in [5, 5.41) is 2.81. The van der Waals surface area contributed by atoms with Crippen molar-refractivity contribution >= 4 is 11.6 Å². The minimum absolute atomic E-state index is 0.278. The predicted octanol–water partition coefficient (Wildman–Crippen LogP) is 3.31. The summed E-state index contributed by atoms with van der Waals surface area (Å²) in [5.41, 5.74) is 2.73. The average Bonchev–Trinajstić information content (AvgIpc) is 3.02. The maximum absolute atomic E-state index is 12.3.